The lowest BCUT2D eigenvalue weighted by Crippen LogP contribution is -2.17. The smallest absolute Gasteiger partial charge is 0.202 e. The Morgan fingerprint density at radius 2 is 2.25 bits per heavy atom. The van der Waals surface area contributed by atoms with E-state index in [4.69, 9.17) is 0 Å². The second-order valence-electron chi connectivity index (χ2n) is 3.90. The zero-order chi connectivity index (χ0) is 11.6. The van der Waals surface area contributed by atoms with Gasteiger partial charge in [0.2, 0.25) is 5.13 Å². The molecule has 1 aliphatic carbocycles. The van der Waals surface area contributed by atoms with Gasteiger partial charge in [-0.3, -0.25) is 0 Å². The van der Waals surface area contributed by atoms with Crippen LogP contribution in [0.3, 0.4) is 0 Å². The summed E-state index contributed by atoms with van der Waals surface area (Å²) in [6.45, 7) is 2.07. The molecule has 0 spiro atoms. The Bertz CT molecular complexity index is 451. The highest BCUT2D eigenvalue weighted by Gasteiger charge is 2.27. The van der Waals surface area contributed by atoms with Gasteiger partial charge in [-0.05, 0) is 12.8 Å². The molecule has 1 aromatic rings. The van der Waals surface area contributed by atoms with Gasteiger partial charge < -0.3 is 5.32 Å². The lowest BCUT2D eigenvalue weighted by atomic mass is 10.4. The SMILES string of the molecule is CCS(=O)(=O)CCNc1nc(C2CC2)ns1. The molecule has 5 nitrogen and oxygen atoms in total. The van der Waals surface area contributed by atoms with Crippen molar-refractivity contribution in [1.29, 1.82) is 0 Å². The molecular formula is C9H15N3O2S2. The number of hydrogen-bond donors (Lipinski definition) is 1. The Balaban J connectivity index is 1.80. The largest absolute Gasteiger partial charge is 0.359 e. The molecular weight excluding hydrogens is 246 g/mol. The van der Waals surface area contributed by atoms with Gasteiger partial charge in [0.1, 0.15) is 5.82 Å². The van der Waals surface area contributed by atoms with Gasteiger partial charge in [0, 0.05) is 29.7 Å². The van der Waals surface area contributed by atoms with E-state index in [1.54, 1.807) is 6.92 Å². The van der Waals surface area contributed by atoms with Crippen LogP contribution in [-0.2, 0) is 9.84 Å². The highest BCUT2D eigenvalue weighted by atomic mass is 32.2. The van der Waals surface area contributed by atoms with Gasteiger partial charge in [0.15, 0.2) is 9.84 Å². The molecule has 90 valence electrons. The molecule has 1 heterocycles. The molecule has 2 rings (SSSR count). The number of nitrogens with zero attached hydrogens (tertiary/aromatic N) is 2. The van der Waals surface area contributed by atoms with Crippen LogP contribution in [0.25, 0.3) is 0 Å². The number of aromatic nitrogens is 2. The molecule has 0 unspecified atom stereocenters. The second kappa shape index (κ2) is 4.67. The van der Waals surface area contributed by atoms with E-state index >= 15 is 0 Å². The first-order valence-corrected chi connectivity index (χ1v) is 7.98. The Morgan fingerprint density at radius 1 is 1.50 bits per heavy atom. The average molecular weight is 261 g/mol. The van der Waals surface area contributed by atoms with Crippen molar-refractivity contribution < 1.29 is 8.42 Å². The van der Waals surface area contributed by atoms with Crippen molar-refractivity contribution in [3.63, 3.8) is 0 Å². The minimum Gasteiger partial charge on any atom is -0.359 e. The number of rotatable bonds is 6. The maximum absolute atomic E-state index is 11.2. The quantitative estimate of drug-likeness (QED) is 0.834. The van der Waals surface area contributed by atoms with E-state index in [2.05, 4.69) is 14.7 Å². The van der Waals surface area contributed by atoms with Crippen LogP contribution in [0.15, 0.2) is 0 Å². The first-order valence-electron chi connectivity index (χ1n) is 5.38. The van der Waals surface area contributed by atoms with Crippen LogP contribution < -0.4 is 5.32 Å². The van der Waals surface area contributed by atoms with Crippen molar-refractivity contribution in [1.82, 2.24) is 9.36 Å². The molecule has 0 amide bonds. The molecule has 0 saturated heterocycles. The maximum Gasteiger partial charge on any atom is 0.202 e. The Labute approximate surface area is 99.4 Å². The summed E-state index contributed by atoms with van der Waals surface area (Å²) < 4.78 is 26.7. The molecule has 7 heteroatoms. The standard InChI is InChI=1S/C9H15N3O2S2/c1-2-16(13,14)6-5-10-9-11-8(12-15-9)7-3-4-7/h7H,2-6H2,1H3,(H,10,11,12). The lowest BCUT2D eigenvalue weighted by Gasteiger charge is -2.01. The van der Waals surface area contributed by atoms with Crippen molar-refractivity contribution in [3.05, 3.63) is 5.82 Å². The molecule has 16 heavy (non-hydrogen) atoms. The third-order valence-corrected chi connectivity index (χ3v) is 4.91. The van der Waals surface area contributed by atoms with Gasteiger partial charge >= 0.3 is 0 Å². The number of nitrogens with one attached hydrogen (secondary N) is 1. The predicted molar refractivity (Wildman–Crippen MR) is 64.7 cm³/mol. The van der Waals surface area contributed by atoms with Gasteiger partial charge in [-0.1, -0.05) is 6.92 Å². The van der Waals surface area contributed by atoms with Gasteiger partial charge in [-0.2, -0.15) is 4.37 Å². The van der Waals surface area contributed by atoms with E-state index in [-0.39, 0.29) is 11.5 Å². The maximum atomic E-state index is 11.2. The van der Waals surface area contributed by atoms with E-state index in [0.717, 1.165) is 11.0 Å². The lowest BCUT2D eigenvalue weighted by molar-refractivity contribution is 0.597. The Morgan fingerprint density at radius 3 is 2.88 bits per heavy atom. The summed E-state index contributed by atoms with van der Waals surface area (Å²) in [5, 5.41) is 3.73. The summed E-state index contributed by atoms with van der Waals surface area (Å²) in [4.78, 5) is 4.32. The third-order valence-electron chi connectivity index (χ3n) is 2.51. The number of hydrogen-bond acceptors (Lipinski definition) is 6. The van der Waals surface area contributed by atoms with Crippen molar-refractivity contribution in [2.75, 3.05) is 23.4 Å². The molecule has 0 aliphatic heterocycles. The van der Waals surface area contributed by atoms with E-state index in [1.165, 1.54) is 24.4 Å². The molecule has 0 bridgehead atoms. The molecule has 1 saturated carbocycles. The first kappa shape index (κ1) is 11.8. The molecule has 0 atom stereocenters. The van der Waals surface area contributed by atoms with Crippen LogP contribution in [-0.4, -0.2) is 35.8 Å². The van der Waals surface area contributed by atoms with Gasteiger partial charge in [0.25, 0.3) is 0 Å². The highest BCUT2D eigenvalue weighted by Crippen LogP contribution is 2.39. The molecule has 1 fully saturated rings. The van der Waals surface area contributed by atoms with E-state index in [9.17, 15) is 8.42 Å². The van der Waals surface area contributed by atoms with Crippen LogP contribution in [0.2, 0.25) is 0 Å². The predicted octanol–water partition coefficient (Wildman–Crippen LogP) is 1.26. The molecule has 0 radical (unpaired) electrons. The van der Waals surface area contributed by atoms with E-state index < -0.39 is 9.84 Å². The fraction of sp³-hybridized carbons (Fsp3) is 0.778. The fourth-order valence-corrected chi connectivity index (χ4v) is 2.64. The molecule has 1 N–H and O–H groups in total. The van der Waals surface area contributed by atoms with Crippen molar-refractivity contribution in [2.24, 2.45) is 0 Å². The monoisotopic (exact) mass is 261 g/mol. The summed E-state index contributed by atoms with van der Waals surface area (Å²) in [6.07, 6.45) is 2.36. The van der Waals surface area contributed by atoms with Crippen LogP contribution in [0.1, 0.15) is 31.5 Å². The molecule has 0 aromatic carbocycles. The van der Waals surface area contributed by atoms with E-state index in [1.807, 2.05) is 0 Å². The van der Waals surface area contributed by atoms with Crippen molar-refractivity contribution in [3.8, 4) is 0 Å². The molecule has 1 aromatic heterocycles. The summed E-state index contributed by atoms with van der Waals surface area (Å²) in [5.74, 6) is 1.80. The topological polar surface area (TPSA) is 72.0 Å². The summed E-state index contributed by atoms with van der Waals surface area (Å²) in [6, 6.07) is 0. The normalized spacial score (nSPS) is 16.3. The Kier molecular flexibility index (Phi) is 3.44. The second-order valence-corrected chi connectivity index (χ2v) is 7.12. The average Bonchev–Trinajstić information content (AvgIpc) is 3.00. The molecule has 1 aliphatic rings. The van der Waals surface area contributed by atoms with Crippen molar-refractivity contribution in [2.45, 2.75) is 25.7 Å². The highest BCUT2D eigenvalue weighted by molar-refractivity contribution is 7.91. The third kappa shape index (κ3) is 3.15. The minimum atomic E-state index is -2.89. The number of sulfone groups is 1. The van der Waals surface area contributed by atoms with Crippen LogP contribution in [0.5, 0.6) is 0 Å². The van der Waals surface area contributed by atoms with Crippen molar-refractivity contribution >= 4 is 26.5 Å². The summed E-state index contributed by atoms with van der Waals surface area (Å²) in [5.41, 5.74) is 0. The zero-order valence-electron chi connectivity index (χ0n) is 9.14. The first-order chi connectivity index (χ1) is 7.61. The fourth-order valence-electron chi connectivity index (χ4n) is 1.27. The number of anilines is 1. The zero-order valence-corrected chi connectivity index (χ0v) is 10.8. The van der Waals surface area contributed by atoms with Crippen LogP contribution >= 0.6 is 11.5 Å². The van der Waals surface area contributed by atoms with Gasteiger partial charge in [-0.15, -0.1) is 0 Å². The Hall–Kier alpha value is -0.690. The van der Waals surface area contributed by atoms with Crippen LogP contribution in [0, 0.1) is 0 Å². The minimum absolute atomic E-state index is 0.155. The van der Waals surface area contributed by atoms with Gasteiger partial charge in [0.05, 0.1) is 5.75 Å². The summed E-state index contributed by atoms with van der Waals surface area (Å²) >= 11 is 1.31. The van der Waals surface area contributed by atoms with E-state index in [0.29, 0.717) is 12.5 Å². The summed E-state index contributed by atoms with van der Waals surface area (Å²) in [7, 11) is -2.89. The van der Waals surface area contributed by atoms with Crippen LogP contribution in [0.4, 0.5) is 5.13 Å². The van der Waals surface area contributed by atoms with Gasteiger partial charge in [-0.25, -0.2) is 13.4 Å².